The van der Waals surface area contributed by atoms with E-state index in [0.717, 1.165) is 56.0 Å². The van der Waals surface area contributed by atoms with Crippen LogP contribution in [0.25, 0.3) is 65.7 Å². The Morgan fingerprint density at radius 1 is 0.284 bits per heavy atom. The van der Waals surface area contributed by atoms with Crippen molar-refractivity contribution in [2.45, 2.75) is 9.79 Å². The maximum absolute atomic E-state index is 5.71. The molecule has 74 heavy (non-hydrogen) atoms. The summed E-state index contributed by atoms with van der Waals surface area (Å²) in [6.45, 7) is 0. The second-order valence-corrected chi connectivity index (χ2v) is 18.2. The Hall–Kier alpha value is -9.70. The van der Waals surface area contributed by atoms with E-state index in [-0.39, 0.29) is 0 Å². The van der Waals surface area contributed by atoms with Gasteiger partial charge in [-0.2, -0.15) is 0 Å². The van der Waals surface area contributed by atoms with Crippen LogP contribution in [-0.4, -0.2) is 24.9 Å². The van der Waals surface area contributed by atoms with Crippen LogP contribution < -0.4 is 15.4 Å². The third-order valence-electron chi connectivity index (χ3n) is 12.1. The lowest BCUT2D eigenvalue weighted by atomic mass is 10.1. The lowest BCUT2D eigenvalue weighted by Crippen LogP contribution is -2.01. The number of fused-ring (bicyclic) bond motifs is 10. The number of rotatable bonds is 0. The standard InChI is InChI=1S/C13H9N.C12H8N2.C12H9NO.C12H9NS.2C8H7N/c1-3-7-12-10(5-1)9-11-6-2-4-8-13(11)14-12;1-2-6-10-9(5-1)13-11-7-3-4-8-12(11)14-10;2*1-3-7-11-9(5-1)13-10-6-2-4-8-12(10)14-11;2*1-2-4-8-7(3-1)5-6-9-8/h1-9H;1-8H;2*1-8,13H;2*1-6,9H. The van der Waals surface area contributed by atoms with Crippen molar-refractivity contribution in [3.63, 3.8) is 0 Å². The van der Waals surface area contributed by atoms with Gasteiger partial charge in [-0.15, -0.1) is 0 Å². The molecule has 2 aliphatic rings. The molecule has 16 rings (SSSR count). The van der Waals surface area contributed by atoms with E-state index < -0.39 is 0 Å². The van der Waals surface area contributed by atoms with Crippen molar-refractivity contribution < 1.29 is 4.74 Å². The third-order valence-corrected chi connectivity index (χ3v) is 13.3. The van der Waals surface area contributed by atoms with Gasteiger partial charge < -0.3 is 25.3 Å². The molecular formula is C65H49N7OS. The largest absolute Gasteiger partial charge is 0.453 e. The third kappa shape index (κ3) is 11.2. The molecule has 0 spiro atoms. The summed E-state index contributed by atoms with van der Waals surface area (Å²) >= 11 is 1.82. The molecule has 0 atom stereocenters. The van der Waals surface area contributed by atoms with Gasteiger partial charge in [0.2, 0.25) is 0 Å². The lowest BCUT2D eigenvalue weighted by Gasteiger charge is -2.20. The van der Waals surface area contributed by atoms with E-state index in [9.17, 15) is 0 Å². The molecule has 0 amide bonds. The van der Waals surface area contributed by atoms with Crippen LogP contribution in [0.1, 0.15) is 0 Å². The van der Waals surface area contributed by atoms with Gasteiger partial charge in [-0.1, -0.05) is 157 Å². The minimum Gasteiger partial charge on any atom is -0.453 e. The topological polar surface area (TPSA) is 104 Å². The van der Waals surface area contributed by atoms with Crippen molar-refractivity contribution in [1.82, 2.24) is 24.9 Å². The number of ether oxygens (including phenoxy) is 1. The highest BCUT2D eigenvalue weighted by molar-refractivity contribution is 7.99. The maximum atomic E-state index is 5.71. The van der Waals surface area contributed by atoms with Crippen LogP contribution in [-0.2, 0) is 0 Å². The molecular weight excluding hydrogens is 927 g/mol. The van der Waals surface area contributed by atoms with Gasteiger partial charge in [0, 0.05) is 44.0 Å². The van der Waals surface area contributed by atoms with Crippen LogP contribution in [0.4, 0.5) is 22.7 Å². The SMILES string of the molecule is c1ccc2[nH]ccc2c1.c1ccc2[nH]ccc2c1.c1ccc2c(c1)Nc1ccccc1O2.c1ccc2c(c1)Nc1ccccc1S2.c1ccc2nc3ccccc3cc2c1.c1ccc2nc3ccccc3nc2c1. The second kappa shape index (κ2) is 22.6. The van der Waals surface area contributed by atoms with E-state index in [2.05, 4.69) is 139 Å². The minimum atomic E-state index is 0.881. The van der Waals surface area contributed by atoms with E-state index in [0.29, 0.717) is 0 Å². The predicted molar refractivity (Wildman–Crippen MR) is 309 cm³/mol. The number of anilines is 4. The number of pyridine rings is 1. The summed E-state index contributed by atoms with van der Waals surface area (Å²) < 4.78 is 5.71. The van der Waals surface area contributed by atoms with Crippen molar-refractivity contribution in [3.05, 3.63) is 273 Å². The predicted octanol–water partition coefficient (Wildman–Crippen LogP) is 17.9. The molecule has 356 valence electrons. The van der Waals surface area contributed by atoms with Crippen LogP contribution in [0, 0.1) is 0 Å². The molecule has 6 heterocycles. The molecule has 2 aliphatic heterocycles. The second-order valence-electron chi connectivity index (χ2n) is 17.1. The van der Waals surface area contributed by atoms with Crippen molar-refractivity contribution in [1.29, 1.82) is 0 Å². The summed E-state index contributed by atoms with van der Waals surface area (Å²) in [7, 11) is 0. The van der Waals surface area contributed by atoms with Gasteiger partial charge in [-0.25, -0.2) is 15.0 Å². The van der Waals surface area contributed by atoms with Gasteiger partial charge in [-0.05, 0) is 126 Å². The molecule has 0 bridgehead atoms. The molecule has 4 N–H and O–H groups in total. The average molecular weight is 976 g/mol. The van der Waals surface area contributed by atoms with Crippen LogP contribution >= 0.6 is 11.8 Å². The zero-order chi connectivity index (χ0) is 49.7. The molecule has 0 saturated heterocycles. The zero-order valence-corrected chi connectivity index (χ0v) is 41.0. The van der Waals surface area contributed by atoms with Gasteiger partial charge in [0.25, 0.3) is 0 Å². The number of H-pyrrole nitrogens is 2. The quantitative estimate of drug-likeness (QED) is 0.112. The molecule has 0 aliphatic carbocycles. The first-order chi connectivity index (χ1) is 36.7. The molecule has 14 aromatic rings. The van der Waals surface area contributed by atoms with Crippen molar-refractivity contribution >= 4 is 100 Å². The van der Waals surface area contributed by atoms with Gasteiger partial charge in [0.1, 0.15) is 0 Å². The van der Waals surface area contributed by atoms with E-state index in [4.69, 9.17) is 4.74 Å². The first-order valence-electron chi connectivity index (χ1n) is 24.3. The number of hydrogen-bond acceptors (Lipinski definition) is 7. The van der Waals surface area contributed by atoms with Crippen LogP contribution in [0.3, 0.4) is 0 Å². The summed E-state index contributed by atoms with van der Waals surface area (Å²) in [6.07, 6.45) is 3.90. The first kappa shape index (κ1) is 46.7. The van der Waals surface area contributed by atoms with Gasteiger partial charge in [-0.3, -0.25) is 0 Å². The Morgan fingerprint density at radius 3 is 1.05 bits per heavy atom. The van der Waals surface area contributed by atoms with Crippen LogP contribution in [0.5, 0.6) is 11.5 Å². The number of aromatic amines is 2. The Morgan fingerprint density at radius 2 is 0.608 bits per heavy atom. The zero-order valence-electron chi connectivity index (χ0n) is 40.1. The molecule has 0 radical (unpaired) electrons. The Bertz CT molecular complexity index is 3440. The number of hydrogen-bond donors (Lipinski definition) is 4. The summed E-state index contributed by atoms with van der Waals surface area (Å²) in [5.74, 6) is 1.76. The number of para-hydroxylation sites is 14. The van der Waals surface area contributed by atoms with Crippen molar-refractivity contribution in [2.24, 2.45) is 0 Å². The Kier molecular flexibility index (Phi) is 14.2. The first-order valence-corrected chi connectivity index (χ1v) is 25.1. The molecule has 9 heteroatoms. The van der Waals surface area contributed by atoms with Gasteiger partial charge >= 0.3 is 0 Å². The fourth-order valence-corrected chi connectivity index (χ4v) is 9.43. The monoisotopic (exact) mass is 975 g/mol. The molecule has 4 aromatic heterocycles. The van der Waals surface area contributed by atoms with E-state index in [1.807, 2.05) is 182 Å². The molecule has 10 aromatic carbocycles. The summed E-state index contributed by atoms with van der Waals surface area (Å²) in [6, 6.07) is 87.6. The smallest absolute Gasteiger partial charge is 0.150 e. The van der Waals surface area contributed by atoms with Crippen LogP contribution in [0.2, 0.25) is 0 Å². The van der Waals surface area contributed by atoms with Crippen molar-refractivity contribution in [3.8, 4) is 11.5 Å². The Balaban J connectivity index is 0.0000000962. The van der Waals surface area contributed by atoms with Crippen molar-refractivity contribution in [2.75, 3.05) is 10.6 Å². The highest BCUT2D eigenvalue weighted by Gasteiger charge is 2.15. The van der Waals surface area contributed by atoms with E-state index >= 15 is 0 Å². The molecule has 8 nitrogen and oxygen atoms in total. The number of benzene rings is 10. The lowest BCUT2D eigenvalue weighted by molar-refractivity contribution is 0.481. The van der Waals surface area contributed by atoms with Gasteiger partial charge in [0.05, 0.1) is 55.8 Å². The number of aromatic nitrogens is 5. The number of nitrogens with zero attached hydrogens (tertiary/aromatic N) is 3. The fraction of sp³-hybridized carbons (Fsp3) is 0. The normalized spacial score (nSPS) is 11.2. The number of nitrogens with one attached hydrogen (secondary N) is 4. The summed E-state index contributed by atoms with van der Waals surface area (Å²) in [4.78, 5) is 22.4. The summed E-state index contributed by atoms with van der Waals surface area (Å²) in [5, 5.41) is 11.7. The average Bonchev–Trinajstić information content (AvgIpc) is 4.17. The highest BCUT2D eigenvalue weighted by Crippen LogP contribution is 2.44. The van der Waals surface area contributed by atoms with Crippen LogP contribution in [0.15, 0.2) is 283 Å². The molecule has 0 saturated carbocycles. The van der Waals surface area contributed by atoms with E-state index in [1.54, 1.807) is 0 Å². The maximum Gasteiger partial charge on any atom is 0.150 e. The minimum absolute atomic E-state index is 0.881. The van der Waals surface area contributed by atoms with Gasteiger partial charge in [0.15, 0.2) is 11.5 Å². The van der Waals surface area contributed by atoms with E-state index in [1.165, 1.54) is 53.7 Å². The Labute approximate surface area is 432 Å². The fourth-order valence-electron chi connectivity index (χ4n) is 8.44. The summed E-state index contributed by atoms with van der Waals surface area (Å²) in [5.41, 5.74) is 12.8. The molecule has 0 unspecified atom stereocenters. The molecule has 0 fully saturated rings. The highest BCUT2D eigenvalue weighted by atomic mass is 32.2.